The van der Waals surface area contributed by atoms with Gasteiger partial charge in [-0.2, -0.15) is 0 Å². The summed E-state index contributed by atoms with van der Waals surface area (Å²) < 4.78 is 5.45. The molecule has 2 amide bonds. The van der Waals surface area contributed by atoms with Crippen LogP contribution in [0.2, 0.25) is 0 Å². The Morgan fingerprint density at radius 1 is 0.968 bits per heavy atom. The average molecular weight is 425 g/mol. The highest BCUT2D eigenvalue weighted by atomic mass is 16.5. The van der Waals surface area contributed by atoms with Crippen LogP contribution in [0, 0.1) is 20.8 Å². The molecule has 3 rings (SSSR count). The third kappa shape index (κ3) is 5.98. The van der Waals surface area contributed by atoms with Gasteiger partial charge in [0.1, 0.15) is 5.75 Å². The summed E-state index contributed by atoms with van der Waals surface area (Å²) in [4.78, 5) is 29.0. The number of anilines is 2. The number of piperazine rings is 1. The van der Waals surface area contributed by atoms with E-state index in [0.29, 0.717) is 0 Å². The van der Waals surface area contributed by atoms with E-state index in [1.807, 2.05) is 51.1 Å². The summed E-state index contributed by atoms with van der Waals surface area (Å²) in [7, 11) is 1.68. The van der Waals surface area contributed by atoms with Crippen LogP contribution in [0.5, 0.6) is 5.75 Å². The van der Waals surface area contributed by atoms with Crippen molar-refractivity contribution in [1.82, 2.24) is 10.2 Å². The van der Waals surface area contributed by atoms with E-state index in [1.165, 1.54) is 0 Å². The smallest absolute Gasteiger partial charge is 0.243 e. The van der Waals surface area contributed by atoms with E-state index < -0.39 is 0 Å². The second-order valence-corrected chi connectivity index (χ2v) is 8.03. The molecule has 2 aromatic rings. The lowest BCUT2D eigenvalue weighted by Crippen LogP contribution is -2.50. The van der Waals surface area contributed by atoms with Crippen molar-refractivity contribution in [3.8, 4) is 5.75 Å². The van der Waals surface area contributed by atoms with Crippen LogP contribution in [-0.2, 0) is 9.59 Å². The van der Waals surface area contributed by atoms with Crippen LogP contribution < -0.4 is 20.3 Å². The number of benzene rings is 2. The van der Waals surface area contributed by atoms with Crippen molar-refractivity contribution in [2.75, 3.05) is 56.6 Å². The molecule has 1 aliphatic rings. The van der Waals surface area contributed by atoms with E-state index in [-0.39, 0.29) is 24.9 Å². The van der Waals surface area contributed by atoms with Gasteiger partial charge in [-0.25, -0.2) is 0 Å². The summed E-state index contributed by atoms with van der Waals surface area (Å²) >= 11 is 0. The lowest BCUT2D eigenvalue weighted by Gasteiger charge is -2.36. The Morgan fingerprint density at radius 2 is 1.61 bits per heavy atom. The maximum Gasteiger partial charge on any atom is 0.243 e. The zero-order valence-corrected chi connectivity index (χ0v) is 18.8. The van der Waals surface area contributed by atoms with E-state index in [9.17, 15) is 9.59 Å². The highest BCUT2D eigenvalue weighted by molar-refractivity contribution is 5.96. The number of aryl methyl sites for hydroxylation is 3. The maximum absolute atomic E-state index is 12.3. The molecule has 31 heavy (non-hydrogen) atoms. The maximum atomic E-state index is 12.3. The topological polar surface area (TPSA) is 73.9 Å². The van der Waals surface area contributed by atoms with E-state index >= 15 is 0 Å². The van der Waals surface area contributed by atoms with Crippen LogP contribution in [0.4, 0.5) is 11.4 Å². The second-order valence-electron chi connectivity index (χ2n) is 8.03. The minimum absolute atomic E-state index is 0.0350. The molecule has 1 heterocycles. The number of rotatable bonds is 7. The van der Waals surface area contributed by atoms with Crippen LogP contribution in [0.1, 0.15) is 16.7 Å². The summed E-state index contributed by atoms with van der Waals surface area (Å²) in [5, 5.41) is 5.65. The first kappa shape index (κ1) is 22.6. The van der Waals surface area contributed by atoms with E-state index in [1.54, 1.807) is 7.11 Å². The predicted molar refractivity (Wildman–Crippen MR) is 124 cm³/mol. The molecule has 0 bridgehead atoms. The van der Waals surface area contributed by atoms with Crippen molar-refractivity contribution < 1.29 is 14.3 Å². The molecule has 0 atom stereocenters. The Labute approximate surface area is 184 Å². The largest absolute Gasteiger partial charge is 0.495 e. The number of hydrogen-bond donors (Lipinski definition) is 2. The van der Waals surface area contributed by atoms with Crippen molar-refractivity contribution in [3.05, 3.63) is 53.1 Å². The summed E-state index contributed by atoms with van der Waals surface area (Å²) in [5.41, 5.74) is 5.09. The highest BCUT2D eigenvalue weighted by Crippen LogP contribution is 2.28. The third-order valence-electron chi connectivity index (χ3n) is 5.55. The number of methoxy groups -OCH3 is 1. The van der Waals surface area contributed by atoms with Crippen LogP contribution in [-0.4, -0.2) is 63.1 Å². The van der Waals surface area contributed by atoms with Gasteiger partial charge in [0.25, 0.3) is 0 Å². The summed E-state index contributed by atoms with van der Waals surface area (Å²) in [6.07, 6.45) is 0. The quantitative estimate of drug-likeness (QED) is 0.715. The summed E-state index contributed by atoms with van der Waals surface area (Å²) in [6, 6.07) is 12.0. The normalized spacial score (nSPS) is 14.3. The highest BCUT2D eigenvalue weighted by Gasteiger charge is 2.21. The molecule has 0 spiro atoms. The van der Waals surface area contributed by atoms with E-state index in [2.05, 4.69) is 26.5 Å². The van der Waals surface area contributed by atoms with Gasteiger partial charge in [-0.05, 0) is 44.0 Å². The molecule has 2 N–H and O–H groups in total. The number of hydrogen-bond acceptors (Lipinski definition) is 5. The van der Waals surface area contributed by atoms with E-state index in [0.717, 1.165) is 60.0 Å². The molecule has 1 fully saturated rings. The van der Waals surface area contributed by atoms with Gasteiger partial charge in [-0.1, -0.05) is 29.8 Å². The fourth-order valence-electron chi connectivity index (χ4n) is 4.04. The fourth-order valence-corrected chi connectivity index (χ4v) is 4.04. The first-order valence-electron chi connectivity index (χ1n) is 10.6. The molecule has 2 aromatic carbocycles. The number of ether oxygens (including phenoxy) is 1. The van der Waals surface area contributed by atoms with Crippen molar-refractivity contribution in [1.29, 1.82) is 0 Å². The molecule has 0 radical (unpaired) electrons. The van der Waals surface area contributed by atoms with Gasteiger partial charge >= 0.3 is 0 Å². The SMILES string of the molecule is COc1ccccc1N1CCN(CC(=O)NCC(=O)Nc2c(C)cc(C)cc2C)CC1. The van der Waals surface area contributed by atoms with Gasteiger partial charge in [0.15, 0.2) is 0 Å². The Balaban J connectivity index is 1.43. The molecule has 7 heteroatoms. The molecule has 1 aliphatic heterocycles. The van der Waals surface area contributed by atoms with Crippen molar-refractivity contribution >= 4 is 23.2 Å². The zero-order chi connectivity index (χ0) is 22.4. The predicted octanol–water partition coefficient (Wildman–Crippen LogP) is 2.50. The standard InChI is InChI=1S/C24H32N4O3/c1-17-13-18(2)24(19(3)14-17)26-22(29)15-25-23(30)16-27-9-11-28(12-10-27)20-7-5-6-8-21(20)31-4/h5-8,13-14H,9-12,15-16H2,1-4H3,(H,25,30)(H,26,29). The Bertz CT molecular complexity index is 913. The first-order chi connectivity index (χ1) is 14.9. The molecule has 7 nitrogen and oxygen atoms in total. The Kier molecular flexibility index (Phi) is 7.52. The molecule has 0 unspecified atom stereocenters. The van der Waals surface area contributed by atoms with Crippen molar-refractivity contribution in [2.24, 2.45) is 0 Å². The minimum Gasteiger partial charge on any atom is -0.495 e. The van der Waals surface area contributed by atoms with Crippen LogP contribution in [0.3, 0.4) is 0 Å². The Hall–Kier alpha value is -3.06. The van der Waals surface area contributed by atoms with Gasteiger partial charge < -0.3 is 20.3 Å². The first-order valence-corrected chi connectivity index (χ1v) is 10.6. The second kappa shape index (κ2) is 10.3. The lowest BCUT2D eigenvalue weighted by molar-refractivity contribution is -0.125. The lowest BCUT2D eigenvalue weighted by atomic mass is 10.1. The molecule has 166 valence electrons. The molecular weight excluding hydrogens is 392 g/mol. The Morgan fingerprint density at radius 3 is 2.26 bits per heavy atom. The fraction of sp³-hybridized carbons (Fsp3) is 0.417. The summed E-state index contributed by atoms with van der Waals surface area (Å²) in [5.74, 6) is 0.501. The monoisotopic (exact) mass is 424 g/mol. The van der Waals surface area contributed by atoms with Crippen molar-refractivity contribution in [2.45, 2.75) is 20.8 Å². The van der Waals surface area contributed by atoms with Crippen LogP contribution >= 0.6 is 0 Å². The molecule has 0 aromatic heterocycles. The van der Waals surface area contributed by atoms with Gasteiger partial charge in [-0.15, -0.1) is 0 Å². The molecule has 0 saturated carbocycles. The molecule has 1 saturated heterocycles. The number of para-hydroxylation sites is 2. The minimum atomic E-state index is -0.218. The number of carbonyl (C=O) groups excluding carboxylic acids is 2. The number of amides is 2. The zero-order valence-electron chi connectivity index (χ0n) is 18.8. The van der Waals surface area contributed by atoms with E-state index in [4.69, 9.17) is 4.74 Å². The molecular formula is C24H32N4O3. The number of nitrogens with zero attached hydrogens (tertiary/aromatic N) is 2. The van der Waals surface area contributed by atoms with Crippen molar-refractivity contribution in [3.63, 3.8) is 0 Å². The van der Waals surface area contributed by atoms with Gasteiger partial charge in [0, 0.05) is 31.9 Å². The van der Waals surface area contributed by atoms with Gasteiger partial charge in [0.2, 0.25) is 11.8 Å². The van der Waals surface area contributed by atoms with Gasteiger partial charge in [0.05, 0.1) is 25.9 Å². The molecule has 0 aliphatic carbocycles. The average Bonchev–Trinajstić information content (AvgIpc) is 2.75. The van der Waals surface area contributed by atoms with Crippen LogP contribution in [0.25, 0.3) is 0 Å². The number of carbonyl (C=O) groups is 2. The number of nitrogens with one attached hydrogen (secondary N) is 2. The third-order valence-corrected chi connectivity index (χ3v) is 5.55. The summed E-state index contributed by atoms with van der Waals surface area (Å²) in [6.45, 7) is 9.42. The van der Waals surface area contributed by atoms with Crippen LogP contribution in [0.15, 0.2) is 36.4 Å². The van der Waals surface area contributed by atoms with Gasteiger partial charge in [-0.3, -0.25) is 14.5 Å².